The van der Waals surface area contributed by atoms with Crippen LogP contribution in [0, 0.1) is 11.6 Å². The van der Waals surface area contributed by atoms with Crippen molar-refractivity contribution in [2.24, 2.45) is 0 Å². The first-order valence-electron chi connectivity index (χ1n) is 17.6. The molecule has 4 N–H and O–H groups in total. The zero-order chi connectivity index (χ0) is 34.2. The van der Waals surface area contributed by atoms with Gasteiger partial charge in [-0.3, -0.25) is 0 Å². The van der Waals surface area contributed by atoms with Gasteiger partial charge in [0, 0.05) is 16.8 Å². The van der Waals surface area contributed by atoms with Crippen LogP contribution >= 0.6 is 0 Å². The molecule has 6 heteroatoms. The lowest BCUT2D eigenvalue weighted by Crippen LogP contribution is -2.33. The molecular weight excluding hydrogens is 614 g/mol. The Balaban J connectivity index is 1.24. The van der Waals surface area contributed by atoms with Gasteiger partial charge in [0.2, 0.25) is 0 Å². The van der Waals surface area contributed by atoms with E-state index in [1.165, 1.54) is 43.2 Å². The number of anilines is 2. The Morgan fingerprint density at radius 3 is 1.57 bits per heavy atom. The minimum atomic E-state index is -0.587. The maximum absolute atomic E-state index is 15.7. The van der Waals surface area contributed by atoms with Gasteiger partial charge < -0.3 is 20.9 Å². The number of halogens is 2. The maximum Gasteiger partial charge on any atom is 0.166 e. The Morgan fingerprint density at radius 2 is 1.10 bits per heavy atom. The minimum absolute atomic E-state index is 0.126. The summed E-state index contributed by atoms with van der Waals surface area (Å²) in [5.41, 5.74) is 16.6. The van der Waals surface area contributed by atoms with Gasteiger partial charge in [-0.2, -0.15) is 0 Å². The zero-order valence-corrected chi connectivity index (χ0v) is 28.3. The van der Waals surface area contributed by atoms with E-state index in [9.17, 15) is 0 Å². The summed E-state index contributed by atoms with van der Waals surface area (Å²) in [6.07, 6.45) is 10.8. The molecule has 0 aromatic heterocycles. The summed E-state index contributed by atoms with van der Waals surface area (Å²) in [7, 11) is 0. The van der Waals surface area contributed by atoms with E-state index in [0.29, 0.717) is 28.8 Å². The number of rotatable bonds is 13. The van der Waals surface area contributed by atoms with Crippen LogP contribution in [-0.2, 0) is 11.8 Å². The Labute approximate surface area is 289 Å². The van der Waals surface area contributed by atoms with Crippen molar-refractivity contribution in [1.29, 1.82) is 0 Å². The highest BCUT2D eigenvalue weighted by Crippen LogP contribution is 2.50. The monoisotopic (exact) mass is 660 g/mol. The zero-order valence-electron chi connectivity index (χ0n) is 28.3. The van der Waals surface area contributed by atoms with Crippen molar-refractivity contribution >= 4 is 11.4 Å². The lowest BCUT2D eigenvalue weighted by Gasteiger charge is -2.42. The van der Waals surface area contributed by atoms with Gasteiger partial charge >= 0.3 is 0 Å². The van der Waals surface area contributed by atoms with Gasteiger partial charge in [0.25, 0.3) is 0 Å². The summed E-state index contributed by atoms with van der Waals surface area (Å²) in [5, 5.41) is 0. The second-order valence-electron chi connectivity index (χ2n) is 13.4. The molecule has 0 aliphatic heterocycles. The molecule has 1 aliphatic rings. The maximum atomic E-state index is 15.7. The van der Waals surface area contributed by atoms with E-state index in [1.54, 1.807) is 72.8 Å². The summed E-state index contributed by atoms with van der Waals surface area (Å²) in [5.74, 6) is 0.689. The van der Waals surface area contributed by atoms with Gasteiger partial charge in [0.1, 0.15) is 11.5 Å². The van der Waals surface area contributed by atoms with Crippen LogP contribution in [0.2, 0.25) is 0 Å². The number of unbranched alkanes of at least 4 members (excludes halogenated alkanes) is 4. The van der Waals surface area contributed by atoms with Gasteiger partial charge in [0.15, 0.2) is 23.1 Å². The summed E-state index contributed by atoms with van der Waals surface area (Å²) < 4.78 is 43.2. The van der Waals surface area contributed by atoms with Crippen LogP contribution in [0.25, 0.3) is 0 Å². The Bertz CT molecular complexity index is 1710. The largest absolute Gasteiger partial charge is 0.454 e. The molecule has 6 rings (SSSR count). The topological polar surface area (TPSA) is 70.5 Å². The molecular formula is C43H46F2N2O2. The smallest absolute Gasteiger partial charge is 0.166 e. The first-order chi connectivity index (χ1) is 23.8. The normalized spacial score (nSPS) is 14.4. The molecule has 49 heavy (non-hydrogen) atoms. The third kappa shape index (κ3) is 8.25. The van der Waals surface area contributed by atoms with Gasteiger partial charge in [-0.15, -0.1) is 0 Å². The first kappa shape index (κ1) is 34.0. The predicted octanol–water partition coefficient (Wildman–Crippen LogP) is 11.9. The SMILES string of the molecule is CCCCCCCc1ccc(C2CCC(c3ccc(Oc4ccc(N)cc4)c(F)c3)(c3ccc(Oc4ccc(N)cc4)c(F)c3)CC2)cc1. The number of ether oxygens (including phenoxy) is 2. The Kier molecular flexibility index (Phi) is 10.8. The van der Waals surface area contributed by atoms with Crippen molar-refractivity contribution in [1.82, 2.24) is 0 Å². The first-order valence-corrected chi connectivity index (χ1v) is 17.6. The van der Waals surface area contributed by atoms with Crippen LogP contribution in [0.3, 0.4) is 0 Å². The van der Waals surface area contributed by atoms with E-state index in [4.69, 9.17) is 20.9 Å². The number of benzene rings is 5. The Morgan fingerprint density at radius 1 is 0.612 bits per heavy atom. The molecule has 1 fully saturated rings. The molecule has 0 unspecified atom stereocenters. The highest BCUT2D eigenvalue weighted by molar-refractivity contribution is 5.48. The van der Waals surface area contributed by atoms with Gasteiger partial charge in [-0.05, 0) is 139 Å². The van der Waals surface area contributed by atoms with Crippen LogP contribution in [0.1, 0.15) is 92.9 Å². The van der Waals surface area contributed by atoms with Crippen molar-refractivity contribution in [3.8, 4) is 23.0 Å². The minimum Gasteiger partial charge on any atom is -0.454 e. The summed E-state index contributed by atoms with van der Waals surface area (Å²) in [6.45, 7) is 2.24. The fourth-order valence-electron chi connectivity index (χ4n) is 7.17. The average molecular weight is 661 g/mol. The standard InChI is InChI=1S/C43H46F2N2O2/c1-2-3-4-5-6-7-30-8-10-31(11-9-30)32-24-26-43(27-25-32,33-12-22-41(39(44)28-33)48-37-18-14-35(46)15-19-37)34-13-23-42(40(45)29-34)49-38-20-16-36(47)17-21-38/h8-23,28-29,32H,2-7,24-27,46-47H2,1H3. The van der Waals surface area contributed by atoms with E-state index < -0.39 is 17.0 Å². The molecule has 0 radical (unpaired) electrons. The van der Waals surface area contributed by atoms with Crippen molar-refractivity contribution in [2.75, 3.05) is 11.5 Å². The van der Waals surface area contributed by atoms with Crippen LogP contribution in [0.15, 0.2) is 109 Å². The highest BCUT2D eigenvalue weighted by atomic mass is 19.1. The molecule has 1 saturated carbocycles. The van der Waals surface area contributed by atoms with Crippen LogP contribution in [0.4, 0.5) is 20.2 Å². The molecule has 4 nitrogen and oxygen atoms in total. The molecule has 0 heterocycles. The molecule has 5 aromatic rings. The van der Waals surface area contributed by atoms with Crippen molar-refractivity contribution in [3.05, 3.63) is 143 Å². The molecule has 0 saturated heterocycles. The van der Waals surface area contributed by atoms with Gasteiger partial charge in [-0.25, -0.2) is 8.78 Å². The summed E-state index contributed by atoms with van der Waals surface area (Å²) in [4.78, 5) is 0. The third-order valence-corrected chi connectivity index (χ3v) is 10.0. The van der Waals surface area contributed by atoms with Crippen molar-refractivity contribution in [2.45, 2.75) is 82.5 Å². The second-order valence-corrected chi connectivity index (χ2v) is 13.4. The predicted molar refractivity (Wildman–Crippen MR) is 196 cm³/mol. The number of hydrogen-bond acceptors (Lipinski definition) is 4. The van der Waals surface area contributed by atoms with E-state index in [1.807, 2.05) is 12.1 Å². The third-order valence-electron chi connectivity index (χ3n) is 10.0. The van der Waals surface area contributed by atoms with Gasteiger partial charge in [-0.1, -0.05) is 69.0 Å². The molecule has 0 atom stereocenters. The molecule has 1 aliphatic carbocycles. The van der Waals surface area contributed by atoms with Crippen molar-refractivity contribution in [3.63, 3.8) is 0 Å². The molecule has 254 valence electrons. The van der Waals surface area contributed by atoms with E-state index >= 15 is 8.78 Å². The number of nitrogen functional groups attached to an aromatic ring is 2. The van der Waals surface area contributed by atoms with Gasteiger partial charge in [0.05, 0.1) is 0 Å². The lowest BCUT2D eigenvalue weighted by molar-refractivity contribution is 0.312. The average Bonchev–Trinajstić information content (AvgIpc) is 3.12. The molecule has 0 spiro atoms. The second kappa shape index (κ2) is 15.6. The summed E-state index contributed by atoms with van der Waals surface area (Å²) >= 11 is 0. The Hall–Kier alpha value is -4.84. The van der Waals surface area contributed by atoms with Crippen LogP contribution in [-0.4, -0.2) is 0 Å². The van der Waals surface area contributed by atoms with Crippen molar-refractivity contribution < 1.29 is 18.3 Å². The fourth-order valence-corrected chi connectivity index (χ4v) is 7.17. The fraction of sp³-hybridized carbons (Fsp3) is 0.302. The van der Waals surface area contributed by atoms with Crippen LogP contribution in [0.5, 0.6) is 23.0 Å². The highest BCUT2D eigenvalue weighted by Gasteiger charge is 2.40. The molecule has 0 bridgehead atoms. The van der Waals surface area contributed by atoms with E-state index in [0.717, 1.165) is 43.2 Å². The number of nitrogens with two attached hydrogens (primary N) is 2. The van der Waals surface area contributed by atoms with E-state index in [2.05, 4.69) is 31.2 Å². The van der Waals surface area contributed by atoms with E-state index in [-0.39, 0.29) is 11.5 Å². The lowest BCUT2D eigenvalue weighted by atomic mass is 9.62. The quantitative estimate of drug-likeness (QED) is 0.0974. The van der Waals surface area contributed by atoms with Crippen LogP contribution < -0.4 is 20.9 Å². The number of hydrogen-bond donors (Lipinski definition) is 2. The number of aryl methyl sites for hydroxylation is 1. The molecule has 5 aromatic carbocycles. The molecule has 0 amide bonds. The summed E-state index contributed by atoms with van der Waals surface area (Å²) in [6, 6.07) is 33.1.